The van der Waals surface area contributed by atoms with E-state index in [0.29, 0.717) is 6.54 Å². The van der Waals surface area contributed by atoms with Crippen LogP contribution in [0.3, 0.4) is 0 Å². The normalized spacial score (nSPS) is 9.81. The second-order valence-electron chi connectivity index (χ2n) is 3.23. The number of fused-ring (bicyclic) bond motifs is 1. The average Bonchev–Trinajstić information content (AvgIpc) is 2.36. The minimum atomic E-state index is 0.315. The molecule has 0 saturated heterocycles. The number of aliphatic imine (C=N–C) groups is 1. The molecule has 0 aliphatic rings. The third-order valence-electron chi connectivity index (χ3n) is 2.36. The van der Waals surface area contributed by atoms with Crippen molar-refractivity contribution in [2.45, 2.75) is 6.54 Å². The lowest BCUT2D eigenvalue weighted by molar-refractivity contribution is 0.419. The van der Waals surface area contributed by atoms with E-state index in [0.717, 1.165) is 22.2 Å². The van der Waals surface area contributed by atoms with Gasteiger partial charge in [0.2, 0.25) is 6.08 Å². The summed E-state index contributed by atoms with van der Waals surface area (Å²) < 4.78 is 5.22. The molecule has 0 aliphatic heterocycles. The van der Waals surface area contributed by atoms with E-state index in [9.17, 15) is 4.79 Å². The van der Waals surface area contributed by atoms with Crippen LogP contribution in [0.25, 0.3) is 10.9 Å². The summed E-state index contributed by atoms with van der Waals surface area (Å²) in [7, 11) is 1.60. The molecule has 2 aromatic rings. The van der Waals surface area contributed by atoms with Gasteiger partial charge >= 0.3 is 0 Å². The molecule has 4 nitrogen and oxygen atoms in total. The lowest BCUT2D eigenvalue weighted by Crippen LogP contribution is -1.91. The first-order valence-corrected chi connectivity index (χ1v) is 4.81. The Labute approximate surface area is 92.6 Å². The van der Waals surface area contributed by atoms with Crippen LogP contribution in [-0.2, 0) is 11.3 Å². The van der Waals surface area contributed by atoms with Crippen molar-refractivity contribution >= 4 is 17.0 Å². The van der Waals surface area contributed by atoms with E-state index < -0.39 is 0 Å². The van der Waals surface area contributed by atoms with Crippen molar-refractivity contribution in [3.8, 4) is 5.75 Å². The average molecular weight is 214 g/mol. The summed E-state index contributed by atoms with van der Waals surface area (Å²) in [4.78, 5) is 17.9. The van der Waals surface area contributed by atoms with E-state index in [-0.39, 0.29) is 0 Å². The van der Waals surface area contributed by atoms with Crippen LogP contribution >= 0.6 is 0 Å². The molecular weight excluding hydrogens is 204 g/mol. The molecule has 0 radical (unpaired) electrons. The summed E-state index contributed by atoms with van der Waals surface area (Å²) in [5.74, 6) is 0.717. The topological polar surface area (TPSA) is 51.5 Å². The van der Waals surface area contributed by atoms with Gasteiger partial charge in [0.05, 0.1) is 13.7 Å². The van der Waals surface area contributed by atoms with E-state index in [1.807, 2.05) is 24.3 Å². The molecule has 16 heavy (non-hydrogen) atoms. The zero-order valence-electron chi connectivity index (χ0n) is 8.80. The van der Waals surface area contributed by atoms with Crippen molar-refractivity contribution in [3.63, 3.8) is 0 Å². The second kappa shape index (κ2) is 4.55. The summed E-state index contributed by atoms with van der Waals surface area (Å²) in [6.45, 7) is 0.315. The van der Waals surface area contributed by atoms with Crippen LogP contribution in [0.5, 0.6) is 5.75 Å². The van der Waals surface area contributed by atoms with Crippen molar-refractivity contribution in [1.29, 1.82) is 0 Å². The monoisotopic (exact) mass is 214 g/mol. The lowest BCUT2D eigenvalue weighted by atomic mass is 10.1. The van der Waals surface area contributed by atoms with Gasteiger partial charge in [-0.1, -0.05) is 12.1 Å². The predicted molar refractivity (Wildman–Crippen MR) is 60.1 cm³/mol. The Morgan fingerprint density at radius 3 is 3.06 bits per heavy atom. The number of pyridine rings is 1. The molecule has 0 N–H and O–H groups in total. The fraction of sp³-hybridized carbons (Fsp3) is 0.167. The number of ether oxygens (including phenoxy) is 1. The zero-order chi connectivity index (χ0) is 11.4. The Morgan fingerprint density at radius 2 is 2.31 bits per heavy atom. The summed E-state index contributed by atoms with van der Waals surface area (Å²) in [6.07, 6.45) is 3.24. The standard InChI is InChI=1S/C12H10N2O2/c1-16-11-5-4-9(7-13-8-15)10-3-2-6-14-12(10)11/h2-6H,7H2,1H3. The molecule has 0 amide bonds. The number of methoxy groups -OCH3 is 1. The maximum Gasteiger partial charge on any atom is 0.235 e. The molecule has 4 heteroatoms. The Bertz CT molecular complexity index is 560. The van der Waals surface area contributed by atoms with Gasteiger partial charge in [-0.05, 0) is 17.7 Å². The van der Waals surface area contributed by atoms with Gasteiger partial charge in [-0.15, -0.1) is 0 Å². The molecule has 0 atom stereocenters. The number of carbonyl (C=O) groups excluding carboxylic acids is 1. The van der Waals surface area contributed by atoms with Gasteiger partial charge in [0.15, 0.2) is 0 Å². The minimum absolute atomic E-state index is 0.315. The van der Waals surface area contributed by atoms with Crippen LogP contribution in [0.4, 0.5) is 0 Å². The summed E-state index contributed by atoms with van der Waals surface area (Å²) in [5, 5.41) is 0.945. The van der Waals surface area contributed by atoms with Crippen molar-refractivity contribution in [2.24, 2.45) is 4.99 Å². The van der Waals surface area contributed by atoms with Gasteiger partial charge in [0.25, 0.3) is 0 Å². The van der Waals surface area contributed by atoms with Crippen LogP contribution in [0.2, 0.25) is 0 Å². The molecule has 0 aliphatic carbocycles. The van der Waals surface area contributed by atoms with Gasteiger partial charge in [-0.25, -0.2) is 9.79 Å². The molecule has 2 rings (SSSR count). The Morgan fingerprint density at radius 1 is 1.44 bits per heavy atom. The van der Waals surface area contributed by atoms with Crippen molar-refractivity contribution in [3.05, 3.63) is 36.0 Å². The number of hydrogen-bond donors (Lipinski definition) is 0. The van der Waals surface area contributed by atoms with Gasteiger partial charge in [-0.2, -0.15) is 0 Å². The van der Waals surface area contributed by atoms with Crippen molar-refractivity contribution < 1.29 is 9.53 Å². The van der Waals surface area contributed by atoms with Crippen LogP contribution < -0.4 is 4.74 Å². The molecule has 0 spiro atoms. The number of nitrogens with zero attached hydrogens (tertiary/aromatic N) is 2. The van der Waals surface area contributed by atoms with E-state index in [1.165, 1.54) is 6.08 Å². The van der Waals surface area contributed by atoms with E-state index in [2.05, 4.69) is 9.98 Å². The third-order valence-corrected chi connectivity index (χ3v) is 2.36. The van der Waals surface area contributed by atoms with E-state index in [4.69, 9.17) is 4.74 Å². The molecule has 1 heterocycles. The zero-order valence-corrected chi connectivity index (χ0v) is 8.80. The Balaban J connectivity index is 2.64. The molecule has 0 fully saturated rings. The van der Waals surface area contributed by atoms with Crippen LogP contribution in [-0.4, -0.2) is 18.2 Å². The smallest absolute Gasteiger partial charge is 0.235 e. The highest BCUT2D eigenvalue weighted by molar-refractivity contribution is 5.87. The van der Waals surface area contributed by atoms with Gasteiger partial charge < -0.3 is 4.74 Å². The maximum atomic E-state index is 10.1. The van der Waals surface area contributed by atoms with Crippen molar-refractivity contribution in [2.75, 3.05) is 7.11 Å². The highest BCUT2D eigenvalue weighted by Crippen LogP contribution is 2.26. The number of hydrogen-bond acceptors (Lipinski definition) is 4. The maximum absolute atomic E-state index is 10.1. The number of rotatable bonds is 3. The van der Waals surface area contributed by atoms with Gasteiger partial charge in [0, 0.05) is 11.6 Å². The minimum Gasteiger partial charge on any atom is -0.494 e. The van der Waals surface area contributed by atoms with E-state index >= 15 is 0 Å². The molecule has 0 bridgehead atoms. The SMILES string of the molecule is COc1ccc(CN=C=O)c2cccnc12. The van der Waals surface area contributed by atoms with E-state index in [1.54, 1.807) is 13.3 Å². The number of isocyanates is 1. The van der Waals surface area contributed by atoms with Crippen LogP contribution in [0.15, 0.2) is 35.5 Å². The Hall–Kier alpha value is -2.19. The third kappa shape index (κ3) is 1.78. The fourth-order valence-electron chi connectivity index (χ4n) is 1.63. The number of aromatic nitrogens is 1. The molecule has 1 aromatic carbocycles. The van der Waals surface area contributed by atoms with Crippen molar-refractivity contribution in [1.82, 2.24) is 4.98 Å². The molecule has 0 unspecified atom stereocenters. The largest absolute Gasteiger partial charge is 0.494 e. The molecular formula is C12H10N2O2. The first kappa shape index (κ1) is 10.3. The quantitative estimate of drug-likeness (QED) is 0.580. The molecule has 80 valence electrons. The van der Waals surface area contributed by atoms with Gasteiger partial charge in [-0.3, -0.25) is 4.98 Å². The highest BCUT2D eigenvalue weighted by atomic mass is 16.5. The van der Waals surface area contributed by atoms with Crippen LogP contribution in [0.1, 0.15) is 5.56 Å². The summed E-state index contributed by atoms with van der Waals surface area (Å²) >= 11 is 0. The highest BCUT2D eigenvalue weighted by Gasteiger charge is 2.06. The predicted octanol–water partition coefficient (Wildman–Crippen LogP) is 2.08. The molecule has 0 saturated carbocycles. The first-order chi connectivity index (χ1) is 7.86. The lowest BCUT2D eigenvalue weighted by Gasteiger charge is -2.07. The second-order valence-corrected chi connectivity index (χ2v) is 3.23. The summed E-state index contributed by atoms with van der Waals surface area (Å²) in [6, 6.07) is 7.48. The van der Waals surface area contributed by atoms with Crippen LogP contribution in [0, 0.1) is 0 Å². The summed E-state index contributed by atoms with van der Waals surface area (Å²) in [5.41, 5.74) is 1.72. The Kier molecular flexibility index (Phi) is 2.94. The first-order valence-electron chi connectivity index (χ1n) is 4.81. The molecule has 1 aromatic heterocycles. The fourth-order valence-corrected chi connectivity index (χ4v) is 1.63. The van der Waals surface area contributed by atoms with Gasteiger partial charge in [0.1, 0.15) is 11.3 Å². The number of benzene rings is 1.